The third-order valence-electron chi connectivity index (χ3n) is 5.67. The molecule has 3 aromatic rings. The molecule has 0 bridgehead atoms. The molecule has 0 aliphatic heterocycles. The number of amides is 2. The minimum Gasteiger partial charge on any atom is -0.495 e. The molecule has 0 spiro atoms. The van der Waals surface area contributed by atoms with Crippen molar-refractivity contribution in [3.05, 3.63) is 40.0 Å². The van der Waals surface area contributed by atoms with Crippen molar-refractivity contribution in [2.45, 2.75) is 59.0 Å². The van der Waals surface area contributed by atoms with Crippen LogP contribution in [-0.2, 0) is 12.8 Å². The molecule has 7 nitrogen and oxygen atoms in total. The van der Waals surface area contributed by atoms with Crippen LogP contribution in [0.3, 0.4) is 0 Å². The van der Waals surface area contributed by atoms with Crippen LogP contribution in [0.15, 0.2) is 18.5 Å². The van der Waals surface area contributed by atoms with Crippen LogP contribution < -0.4 is 20.7 Å². The summed E-state index contributed by atoms with van der Waals surface area (Å²) in [7, 11) is 1.68. The van der Waals surface area contributed by atoms with E-state index in [1.165, 1.54) is 21.6 Å². The third-order valence-corrected chi connectivity index (χ3v) is 6.83. The van der Waals surface area contributed by atoms with E-state index in [0.717, 1.165) is 46.7 Å². The van der Waals surface area contributed by atoms with Crippen molar-refractivity contribution in [1.82, 2.24) is 20.6 Å². The summed E-state index contributed by atoms with van der Waals surface area (Å²) in [5.74, 6) is 1.59. The Hall–Kier alpha value is -2.87. The topological polar surface area (TPSA) is 88.2 Å². The number of methoxy groups -OCH3 is 1. The van der Waals surface area contributed by atoms with Gasteiger partial charge in [-0.1, -0.05) is 0 Å². The highest BCUT2D eigenvalue weighted by atomic mass is 32.1. The first-order valence-corrected chi connectivity index (χ1v) is 11.4. The Labute approximate surface area is 186 Å². The van der Waals surface area contributed by atoms with E-state index in [1.54, 1.807) is 24.8 Å². The van der Waals surface area contributed by atoms with E-state index in [4.69, 9.17) is 4.74 Å². The molecule has 2 heterocycles. The van der Waals surface area contributed by atoms with Crippen LogP contribution >= 0.6 is 11.3 Å². The smallest absolute Gasteiger partial charge is 0.315 e. The van der Waals surface area contributed by atoms with Gasteiger partial charge in [0.25, 0.3) is 0 Å². The summed E-state index contributed by atoms with van der Waals surface area (Å²) in [6.07, 6.45) is 4.19. The zero-order valence-corrected chi connectivity index (χ0v) is 19.4. The van der Waals surface area contributed by atoms with Crippen molar-refractivity contribution in [3.8, 4) is 5.75 Å². The molecule has 4 rings (SSSR count). The largest absolute Gasteiger partial charge is 0.495 e. The lowest BCUT2D eigenvalue weighted by Gasteiger charge is -2.24. The number of thiophene rings is 1. The number of hydrogen-bond acceptors (Lipinski definition) is 6. The molecular formula is C23H29N5O2S. The number of hydrogen-bond donors (Lipinski definition) is 3. The summed E-state index contributed by atoms with van der Waals surface area (Å²) in [6.45, 7) is 8.08. The van der Waals surface area contributed by atoms with E-state index in [0.29, 0.717) is 0 Å². The van der Waals surface area contributed by atoms with E-state index in [1.807, 2.05) is 19.9 Å². The molecule has 0 fully saturated rings. The summed E-state index contributed by atoms with van der Waals surface area (Å²) in [4.78, 5) is 23.4. The van der Waals surface area contributed by atoms with Gasteiger partial charge >= 0.3 is 6.03 Å². The summed E-state index contributed by atoms with van der Waals surface area (Å²) in [6, 6.07) is 4.28. The lowest BCUT2D eigenvalue weighted by Crippen LogP contribution is -2.46. The normalized spacial score (nSPS) is 15.6. The van der Waals surface area contributed by atoms with E-state index >= 15 is 0 Å². The van der Waals surface area contributed by atoms with Crippen LogP contribution in [-0.4, -0.2) is 35.2 Å². The highest BCUT2D eigenvalue weighted by molar-refractivity contribution is 7.19. The highest BCUT2D eigenvalue weighted by Gasteiger charge is 2.26. The maximum atomic E-state index is 12.1. The summed E-state index contributed by atoms with van der Waals surface area (Å²) in [5.41, 5.74) is 4.55. The number of urea groups is 1. The van der Waals surface area contributed by atoms with Gasteiger partial charge in [0.05, 0.1) is 18.2 Å². The average Bonchev–Trinajstić information content (AvgIpc) is 3.08. The molecule has 1 aliphatic rings. The molecule has 3 N–H and O–H groups in total. The number of aromatic nitrogens is 2. The van der Waals surface area contributed by atoms with Gasteiger partial charge in [-0.25, -0.2) is 14.8 Å². The maximum Gasteiger partial charge on any atom is 0.315 e. The Morgan fingerprint density at radius 2 is 2.00 bits per heavy atom. The number of benzene rings is 1. The molecular weight excluding hydrogens is 410 g/mol. The second-order valence-electron chi connectivity index (χ2n) is 8.38. The van der Waals surface area contributed by atoms with E-state index in [-0.39, 0.29) is 18.1 Å². The second kappa shape index (κ2) is 8.70. The van der Waals surface area contributed by atoms with Gasteiger partial charge in [0.1, 0.15) is 22.7 Å². The van der Waals surface area contributed by atoms with Crippen LogP contribution in [0.5, 0.6) is 5.75 Å². The van der Waals surface area contributed by atoms with Gasteiger partial charge in [0.2, 0.25) is 0 Å². The zero-order valence-electron chi connectivity index (χ0n) is 18.6. The van der Waals surface area contributed by atoms with Crippen molar-refractivity contribution in [3.63, 3.8) is 0 Å². The summed E-state index contributed by atoms with van der Waals surface area (Å²) < 4.78 is 5.59. The van der Waals surface area contributed by atoms with Crippen molar-refractivity contribution in [2.24, 2.45) is 0 Å². The lowest BCUT2D eigenvalue weighted by atomic mass is 9.93. The molecule has 1 aromatic carbocycles. The van der Waals surface area contributed by atoms with Crippen LogP contribution in [0.2, 0.25) is 0 Å². The Morgan fingerprint density at radius 1 is 1.23 bits per heavy atom. The van der Waals surface area contributed by atoms with E-state index in [2.05, 4.69) is 45.8 Å². The van der Waals surface area contributed by atoms with Gasteiger partial charge in [0, 0.05) is 23.4 Å². The molecule has 2 amide bonds. The van der Waals surface area contributed by atoms with Crippen LogP contribution in [0.4, 0.5) is 16.3 Å². The molecule has 1 atom stereocenters. The predicted octanol–water partition coefficient (Wildman–Crippen LogP) is 4.63. The molecule has 8 heteroatoms. The van der Waals surface area contributed by atoms with Gasteiger partial charge in [-0.05, 0) is 69.4 Å². The van der Waals surface area contributed by atoms with E-state index < -0.39 is 0 Å². The first-order valence-electron chi connectivity index (χ1n) is 10.6. The predicted molar refractivity (Wildman–Crippen MR) is 126 cm³/mol. The Morgan fingerprint density at radius 3 is 2.74 bits per heavy atom. The number of rotatable bonds is 5. The third kappa shape index (κ3) is 4.44. The molecule has 0 radical (unpaired) electrons. The first-order chi connectivity index (χ1) is 14.9. The number of nitrogens with one attached hydrogen (secondary N) is 3. The van der Waals surface area contributed by atoms with Gasteiger partial charge < -0.3 is 20.7 Å². The van der Waals surface area contributed by atoms with Crippen LogP contribution in [0.25, 0.3) is 10.2 Å². The molecule has 31 heavy (non-hydrogen) atoms. The molecule has 1 aliphatic carbocycles. The summed E-state index contributed by atoms with van der Waals surface area (Å²) >= 11 is 1.69. The quantitative estimate of drug-likeness (QED) is 0.540. The van der Waals surface area contributed by atoms with Crippen LogP contribution in [0, 0.1) is 13.8 Å². The first kappa shape index (κ1) is 21.4. The van der Waals surface area contributed by atoms with Crippen molar-refractivity contribution < 1.29 is 9.53 Å². The van der Waals surface area contributed by atoms with Crippen molar-refractivity contribution in [1.29, 1.82) is 0 Å². The fourth-order valence-electron chi connectivity index (χ4n) is 4.00. The number of fused-ring (bicyclic) bond motifs is 3. The zero-order chi connectivity index (χ0) is 22.1. The number of anilines is 2. The van der Waals surface area contributed by atoms with Gasteiger partial charge in [-0.3, -0.25) is 0 Å². The van der Waals surface area contributed by atoms with Crippen LogP contribution in [0.1, 0.15) is 41.8 Å². The fourth-order valence-corrected chi connectivity index (χ4v) is 5.27. The average molecular weight is 440 g/mol. The minimum absolute atomic E-state index is 0.103. The minimum atomic E-state index is -0.103. The number of aryl methyl sites for hydroxylation is 3. The van der Waals surface area contributed by atoms with E-state index in [9.17, 15) is 4.79 Å². The number of carbonyl (C=O) groups is 1. The monoisotopic (exact) mass is 439 g/mol. The number of carbonyl (C=O) groups excluding carboxylic acids is 1. The van der Waals surface area contributed by atoms with Crippen molar-refractivity contribution >= 4 is 39.1 Å². The lowest BCUT2D eigenvalue weighted by molar-refractivity contribution is 0.233. The highest BCUT2D eigenvalue weighted by Crippen LogP contribution is 2.40. The molecule has 0 saturated heterocycles. The Kier molecular flexibility index (Phi) is 6.00. The Balaban J connectivity index is 1.63. The second-order valence-corrected chi connectivity index (χ2v) is 9.46. The SMILES string of the molecule is COc1cc(C)c(C)cc1Nc1ncnc2sc3c(c12)CCC(NC(=O)NC(C)C)C3. The molecule has 164 valence electrons. The van der Waals surface area contributed by atoms with Gasteiger partial charge in [-0.15, -0.1) is 11.3 Å². The standard InChI is InChI=1S/C23H29N5O2S/c1-12(2)26-23(29)27-15-6-7-16-19(10-15)31-22-20(16)21(24-11-25-22)28-17-8-13(3)14(4)9-18(17)30-5/h8-9,11-12,15H,6-7,10H2,1-5H3,(H,24,25,28)(H2,26,27,29). The van der Waals surface area contributed by atoms with Gasteiger partial charge in [0.15, 0.2) is 0 Å². The molecule has 2 aromatic heterocycles. The fraction of sp³-hybridized carbons (Fsp3) is 0.435. The van der Waals surface area contributed by atoms with Crippen molar-refractivity contribution in [2.75, 3.05) is 12.4 Å². The summed E-state index contributed by atoms with van der Waals surface area (Å²) in [5, 5.41) is 10.6. The number of nitrogens with zero attached hydrogens (tertiary/aromatic N) is 2. The molecule has 0 saturated carbocycles. The Bertz CT molecular complexity index is 1120. The number of ether oxygens (including phenoxy) is 1. The maximum absolute atomic E-state index is 12.1. The van der Waals surface area contributed by atoms with Gasteiger partial charge in [-0.2, -0.15) is 0 Å². The molecule has 1 unspecified atom stereocenters.